The van der Waals surface area contributed by atoms with Gasteiger partial charge < -0.3 is 11.6 Å². The molecule has 1 aromatic heterocycles. The summed E-state index contributed by atoms with van der Waals surface area (Å²) in [5.74, 6) is 6.54. The first-order valence-electron chi connectivity index (χ1n) is 4.67. The summed E-state index contributed by atoms with van der Waals surface area (Å²) in [6.45, 7) is 2.05. The third-order valence-corrected chi connectivity index (χ3v) is 2.28. The molecular formula is C10H13N5. The molecule has 0 amide bonds. The average molecular weight is 203 g/mol. The minimum atomic E-state index is 0.233. The highest BCUT2D eigenvalue weighted by Crippen LogP contribution is 2.09. The Balaban J connectivity index is 2.22. The Kier molecular flexibility index (Phi) is 2.29. The predicted molar refractivity (Wildman–Crippen MR) is 58.6 cm³/mol. The van der Waals surface area contributed by atoms with Gasteiger partial charge in [-0.05, 0) is 12.5 Å². The number of nitrogen functional groups attached to an aromatic ring is 2. The summed E-state index contributed by atoms with van der Waals surface area (Å²) >= 11 is 0. The molecule has 2 aromatic rings. The maximum absolute atomic E-state index is 5.65. The van der Waals surface area contributed by atoms with Gasteiger partial charge >= 0.3 is 0 Å². The van der Waals surface area contributed by atoms with Gasteiger partial charge in [0.05, 0.1) is 0 Å². The summed E-state index contributed by atoms with van der Waals surface area (Å²) in [5.41, 5.74) is 7.85. The lowest BCUT2D eigenvalue weighted by Gasteiger charge is -2.01. The highest BCUT2D eigenvalue weighted by molar-refractivity contribution is 5.26. The zero-order valence-corrected chi connectivity index (χ0v) is 8.51. The number of aryl methyl sites for hydroxylation is 1. The monoisotopic (exact) mass is 203 g/mol. The molecule has 2 rings (SSSR count). The van der Waals surface area contributed by atoms with E-state index in [1.54, 1.807) is 0 Å². The van der Waals surface area contributed by atoms with E-state index in [9.17, 15) is 0 Å². The van der Waals surface area contributed by atoms with Crippen LogP contribution in [0.3, 0.4) is 0 Å². The van der Waals surface area contributed by atoms with E-state index >= 15 is 0 Å². The van der Waals surface area contributed by atoms with Crippen molar-refractivity contribution in [1.82, 2.24) is 14.9 Å². The van der Waals surface area contributed by atoms with Crippen LogP contribution < -0.4 is 11.6 Å². The minimum Gasteiger partial charge on any atom is -0.366 e. The molecule has 1 heterocycles. The first kappa shape index (κ1) is 9.51. The van der Waals surface area contributed by atoms with Gasteiger partial charge in [-0.1, -0.05) is 29.8 Å². The Morgan fingerprint density at radius 3 is 2.40 bits per heavy atom. The predicted octanol–water partition coefficient (Wildman–Crippen LogP) is 0.473. The fourth-order valence-corrected chi connectivity index (χ4v) is 1.35. The molecule has 1 aromatic carbocycles. The molecule has 0 bridgehead atoms. The van der Waals surface area contributed by atoms with Crippen molar-refractivity contribution in [1.29, 1.82) is 0 Å². The number of nitrogens with zero attached hydrogens (tertiary/aromatic N) is 3. The van der Waals surface area contributed by atoms with E-state index in [2.05, 4.69) is 22.3 Å². The van der Waals surface area contributed by atoms with Gasteiger partial charge in [0.15, 0.2) is 5.82 Å². The summed E-state index contributed by atoms with van der Waals surface area (Å²) in [4.78, 5) is 0. The van der Waals surface area contributed by atoms with Gasteiger partial charge in [0, 0.05) is 6.42 Å². The molecule has 0 aliphatic rings. The second kappa shape index (κ2) is 3.61. The van der Waals surface area contributed by atoms with Gasteiger partial charge in [-0.3, -0.25) is 0 Å². The Morgan fingerprint density at radius 1 is 1.20 bits per heavy atom. The van der Waals surface area contributed by atoms with Gasteiger partial charge in [0.1, 0.15) is 0 Å². The molecule has 0 aliphatic heterocycles. The van der Waals surface area contributed by atoms with Crippen molar-refractivity contribution in [2.24, 2.45) is 0 Å². The molecule has 5 heteroatoms. The molecule has 4 N–H and O–H groups in total. The number of aromatic nitrogens is 3. The summed E-state index contributed by atoms with van der Waals surface area (Å²) in [6, 6.07) is 8.19. The molecule has 0 radical (unpaired) electrons. The number of rotatable bonds is 2. The standard InChI is InChI=1S/C10H13N5/c1-7-2-4-8(5-3-7)6-9-13-14-10(11)15(9)12/h2-5H,6,12H2,1H3,(H2,11,14). The topological polar surface area (TPSA) is 82.8 Å². The van der Waals surface area contributed by atoms with Gasteiger partial charge in [-0.2, -0.15) is 0 Å². The lowest BCUT2D eigenvalue weighted by molar-refractivity contribution is 0.878. The smallest absolute Gasteiger partial charge is 0.240 e. The zero-order chi connectivity index (χ0) is 10.8. The van der Waals surface area contributed by atoms with E-state index < -0.39 is 0 Å². The normalized spacial score (nSPS) is 10.5. The van der Waals surface area contributed by atoms with Crippen LogP contribution in [0.2, 0.25) is 0 Å². The molecule has 15 heavy (non-hydrogen) atoms. The van der Waals surface area contributed by atoms with Crippen LogP contribution in [-0.4, -0.2) is 14.9 Å². The number of benzene rings is 1. The van der Waals surface area contributed by atoms with Crippen molar-refractivity contribution in [3.63, 3.8) is 0 Å². The number of hydrogen-bond donors (Lipinski definition) is 2. The van der Waals surface area contributed by atoms with Crippen LogP contribution >= 0.6 is 0 Å². The first-order valence-corrected chi connectivity index (χ1v) is 4.67. The van der Waals surface area contributed by atoms with E-state index in [1.807, 2.05) is 19.1 Å². The van der Waals surface area contributed by atoms with E-state index in [0.717, 1.165) is 5.56 Å². The van der Waals surface area contributed by atoms with Crippen LogP contribution in [0.25, 0.3) is 0 Å². The van der Waals surface area contributed by atoms with Crippen LogP contribution in [0.15, 0.2) is 24.3 Å². The Morgan fingerprint density at radius 2 is 1.87 bits per heavy atom. The van der Waals surface area contributed by atoms with Crippen molar-refractivity contribution in [2.45, 2.75) is 13.3 Å². The summed E-state index contributed by atoms with van der Waals surface area (Å²) < 4.78 is 1.31. The quantitative estimate of drug-likeness (QED) is 0.695. The Bertz CT molecular complexity index is 457. The molecule has 0 saturated heterocycles. The van der Waals surface area contributed by atoms with E-state index in [1.165, 1.54) is 10.2 Å². The molecular weight excluding hydrogens is 190 g/mol. The molecule has 0 atom stereocenters. The van der Waals surface area contributed by atoms with Crippen molar-refractivity contribution in [3.8, 4) is 0 Å². The van der Waals surface area contributed by atoms with Crippen LogP contribution in [0.4, 0.5) is 5.95 Å². The van der Waals surface area contributed by atoms with Crippen molar-refractivity contribution >= 4 is 5.95 Å². The second-order valence-corrected chi connectivity index (χ2v) is 3.51. The summed E-state index contributed by atoms with van der Waals surface area (Å²) in [7, 11) is 0. The molecule has 0 aliphatic carbocycles. The zero-order valence-electron chi connectivity index (χ0n) is 8.51. The van der Waals surface area contributed by atoms with Crippen LogP contribution in [-0.2, 0) is 6.42 Å². The highest BCUT2D eigenvalue weighted by atomic mass is 15.4. The summed E-state index contributed by atoms with van der Waals surface area (Å²) in [5, 5.41) is 7.59. The SMILES string of the molecule is Cc1ccc(Cc2nnc(N)n2N)cc1. The molecule has 78 valence electrons. The van der Waals surface area contributed by atoms with Crippen molar-refractivity contribution in [2.75, 3.05) is 11.6 Å². The van der Waals surface area contributed by atoms with Gasteiger partial charge in [-0.25, -0.2) is 4.68 Å². The summed E-state index contributed by atoms with van der Waals surface area (Å²) in [6.07, 6.45) is 0.640. The van der Waals surface area contributed by atoms with Crippen molar-refractivity contribution in [3.05, 3.63) is 41.2 Å². The molecule has 0 spiro atoms. The van der Waals surface area contributed by atoms with Gasteiger partial charge in [0.25, 0.3) is 0 Å². The van der Waals surface area contributed by atoms with Gasteiger partial charge in [0.2, 0.25) is 5.95 Å². The van der Waals surface area contributed by atoms with E-state index in [0.29, 0.717) is 12.2 Å². The Hall–Kier alpha value is -2.04. The van der Waals surface area contributed by atoms with Crippen LogP contribution in [0.1, 0.15) is 17.0 Å². The van der Waals surface area contributed by atoms with E-state index in [4.69, 9.17) is 11.6 Å². The number of nitrogens with two attached hydrogens (primary N) is 2. The maximum Gasteiger partial charge on any atom is 0.240 e. The van der Waals surface area contributed by atoms with Gasteiger partial charge in [-0.15, -0.1) is 10.2 Å². The highest BCUT2D eigenvalue weighted by Gasteiger charge is 2.06. The fourth-order valence-electron chi connectivity index (χ4n) is 1.35. The molecule has 5 nitrogen and oxygen atoms in total. The number of anilines is 1. The molecule has 0 fully saturated rings. The molecule has 0 unspecified atom stereocenters. The molecule has 0 saturated carbocycles. The van der Waals surface area contributed by atoms with Crippen molar-refractivity contribution < 1.29 is 0 Å². The van der Waals surface area contributed by atoms with E-state index in [-0.39, 0.29) is 5.95 Å². The van der Waals surface area contributed by atoms with Crippen LogP contribution in [0.5, 0.6) is 0 Å². The average Bonchev–Trinajstić information content (AvgIpc) is 2.53. The lowest BCUT2D eigenvalue weighted by Crippen LogP contribution is -2.15. The Labute approximate surface area is 87.7 Å². The van der Waals surface area contributed by atoms with Crippen LogP contribution in [0, 0.1) is 6.92 Å². The second-order valence-electron chi connectivity index (χ2n) is 3.51. The minimum absolute atomic E-state index is 0.233. The maximum atomic E-state index is 5.65. The fraction of sp³-hybridized carbons (Fsp3) is 0.200. The first-order chi connectivity index (χ1) is 7.16. The lowest BCUT2D eigenvalue weighted by atomic mass is 10.1. The third kappa shape index (κ3) is 1.90. The largest absolute Gasteiger partial charge is 0.366 e. The number of hydrogen-bond acceptors (Lipinski definition) is 4. The third-order valence-electron chi connectivity index (χ3n) is 2.28.